The zero-order chi connectivity index (χ0) is 20.2. The first-order valence-corrected chi connectivity index (χ1v) is 10.6. The van der Waals surface area contributed by atoms with Crippen LogP contribution in [-0.4, -0.2) is 34.0 Å². The Morgan fingerprint density at radius 3 is 2.66 bits per heavy atom. The molecule has 4 rings (SSSR count). The average molecular weight is 392 g/mol. The van der Waals surface area contributed by atoms with E-state index in [1.807, 2.05) is 30.3 Å². The molecule has 29 heavy (non-hydrogen) atoms. The van der Waals surface area contributed by atoms with E-state index >= 15 is 0 Å². The second-order valence-corrected chi connectivity index (χ2v) is 7.68. The molecule has 1 saturated heterocycles. The summed E-state index contributed by atoms with van der Waals surface area (Å²) in [6, 6.07) is 16.4. The second-order valence-electron chi connectivity index (χ2n) is 7.68. The minimum Gasteiger partial charge on any atom is -0.497 e. The number of amides is 1. The summed E-state index contributed by atoms with van der Waals surface area (Å²) in [6.07, 6.45) is 5.19. The van der Waals surface area contributed by atoms with Crippen molar-refractivity contribution in [3.63, 3.8) is 0 Å². The van der Waals surface area contributed by atoms with Crippen molar-refractivity contribution < 1.29 is 9.53 Å². The fourth-order valence-corrected chi connectivity index (χ4v) is 4.38. The van der Waals surface area contributed by atoms with E-state index in [0.29, 0.717) is 6.54 Å². The monoisotopic (exact) mass is 391 g/mol. The molecule has 1 aliphatic heterocycles. The molecule has 5 heteroatoms. The molecule has 152 valence electrons. The minimum atomic E-state index is 0.121. The van der Waals surface area contributed by atoms with Crippen LogP contribution in [0.15, 0.2) is 48.5 Å². The van der Waals surface area contributed by atoms with Crippen LogP contribution in [0.5, 0.6) is 5.75 Å². The molecule has 0 radical (unpaired) electrons. The van der Waals surface area contributed by atoms with Gasteiger partial charge in [0, 0.05) is 13.0 Å². The number of rotatable bonds is 5. The molecule has 0 spiro atoms. The SMILES string of the molecule is CCc1nc2ccccc2n1CC(=O)N1CCCCC[C@@H]1c1ccc(OC)cc1. The number of imidazole rings is 1. The van der Waals surface area contributed by atoms with Gasteiger partial charge in [-0.15, -0.1) is 0 Å². The van der Waals surface area contributed by atoms with Gasteiger partial charge in [0.1, 0.15) is 18.1 Å². The van der Waals surface area contributed by atoms with E-state index in [4.69, 9.17) is 9.72 Å². The number of carbonyl (C=O) groups excluding carboxylic acids is 1. The highest BCUT2D eigenvalue weighted by Gasteiger charge is 2.27. The lowest BCUT2D eigenvalue weighted by atomic mass is 10.0. The van der Waals surface area contributed by atoms with Crippen molar-refractivity contribution in [2.75, 3.05) is 13.7 Å². The maximum Gasteiger partial charge on any atom is 0.243 e. The first-order valence-electron chi connectivity index (χ1n) is 10.6. The van der Waals surface area contributed by atoms with Gasteiger partial charge in [0.25, 0.3) is 0 Å². The Labute approximate surface area is 172 Å². The highest BCUT2D eigenvalue weighted by Crippen LogP contribution is 2.31. The zero-order valence-electron chi connectivity index (χ0n) is 17.3. The van der Waals surface area contributed by atoms with Gasteiger partial charge in [0.2, 0.25) is 5.91 Å². The normalized spacial score (nSPS) is 17.3. The maximum absolute atomic E-state index is 13.5. The largest absolute Gasteiger partial charge is 0.497 e. The first-order chi connectivity index (χ1) is 14.2. The molecule has 2 aromatic carbocycles. The maximum atomic E-state index is 13.5. The molecule has 3 aromatic rings. The first kappa shape index (κ1) is 19.5. The number of hydrogen-bond acceptors (Lipinski definition) is 3. The van der Waals surface area contributed by atoms with Crippen LogP contribution in [0.2, 0.25) is 0 Å². The number of ether oxygens (including phenoxy) is 1. The Bertz CT molecular complexity index is 977. The predicted molar refractivity (Wildman–Crippen MR) is 115 cm³/mol. The van der Waals surface area contributed by atoms with E-state index in [0.717, 1.165) is 54.8 Å². The molecule has 0 N–H and O–H groups in total. The van der Waals surface area contributed by atoms with Gasteiger partial charge in [-0.2, -0.15) is 0 Å². The fourth-order valence-electron chi connectivity index (χ4n) is 4.38. The van der Waals surface area contributed by atoms with Crippen LogP contribution in [0.3, 0.4) is 0 Å². The van der Waals surface area contributed by atoms with E-state index in [1.54, 1.807) is 7.11 Å². The number of para-hydroxylation sites is 2. The molecule has 1 amide bonds. The number of benzene rings is 2. The summed E-state index contributed by atoms with van der Waals surface area (Å²) in [4.78, 5) is 20.3. The molecule has 0 bridgehead atoms. The lowest BCUT2D eigenvalue weighted by Gasteiger charge is -2.31. The van der Waals surface area contributed by atoms with E-state index < -0.39 is 0 Å². The van der Waals surface area contributed by atoms with Gasteiger partial charge in [-0.05, 0) is 42.7 Å². The van der Waals surface area contributed by atoms with Crippen molar-refractivity contribution in [2.24, 2.45) is 0 Å². The van der Waals surface area contributed by atoms with E-state index in [2.05, 4.69) is 34.6 Å². The van der Waals surface area contributed by atoms with Gasteiger partial charge >= 0.3 is 0 Å². The number of methoxy groups -OCH3 is 1. The predicted octanol–water partition coefficient (Wildman–Crippen LogP) is 4.75. The quantitative estimate of drug-likeness (QED) is 0.630. The molecule has 1 atom stereocenters. The third kappa shape index (κ3) is 4.00. The highest BCUT2D eigenvalue weighted by atomic mass is 16.5. The summed E-state index contributed by atoms with van der Waals surface area (Å²) in [5, 5.41) is 0. The third-order valence-electron chi connectivity index (χ3n) is 5.92. The second kappa shape index (κ2) is 8.68. The summed E-state index contributed by atoms with van der Waals surface area (Å²) < 4.78 is 7.39. The summed E-state index contributed by atoms with van der Waals surface area (Å²) >= 11 is 0. The Kier molecular flexibility index (Phi) is 5.84. The van der Waals surface area contributed by atoms with E-state index in [-0.39, 0.29) is 11.9 Å². The van der Waals surface area contributed by atoms with Crippen molar-refractivity contribution >= 4 is 16.9 Å². The number of aromatic nitrogens is 2. The molecule has 1 aliphatic rings. The molecule has 0 saturated carbocycles. The number of carbonyl (C=O) groups is 1. The molecular formula is C24H29N3O2. The van der Waals surface area contributed by atoms with Gasteiger partial charge in [0.05, 0.1) is 24.2 Å². The third-order valence-corrected chi connectivity index (χ3v) is 5.92. The molecular weight excluding hydrogens is 362 g/mol. The van der Waals surface area contributed by atoms with Crippen LogP contribution in [-0.2, 0) is 17.8 Å². The van der Waals surface area contributed by atoms with Crippen molar-refractivity contribution in [1.82, 2.24) is 14.5 Å². The Morgan fingerprint density at radius 1 is 1.10 bits per heavy atom. The van der Waals surface area contributed by atoms with Gasteiger partial charge in [0.15, 0.2) is 0 Å². The summed E-state index contributed by atoms with van der Waals surface area (Å²) in [5.74, 6) is 1.98. The summed E-state index contributed by atoms with van der Waals surface area (Å²) in [6.45, 7) is 3.24. The van der Waals surface area contributed by atoms with Crippen molar-refractivity contribution in [1.29, 1.82) is 0 Å². The van der Waals surface area contributed by atoms with Gasteiger partial charge < -0.3 is 14.2 Å². The van der Waals surface area contributed by atoms with Gasteiger partial charge in [-0.25, -0.2) is 4.98 Å². The lowest BCUT2D eigenvalue weighted by Crippen LogP contribution is -2.37. The van der Waals surface area contributed by atoms with Gasteiger partial charge in [-0.1, -0.05) is 44.0 Å². The van der Waals surface area contributed by atoms with Crippen LogP contribution in [0.4, 0.5) is 0 Å². The number of likely N-dealkylation sites (tertiary alicyclic amines) is 1. The Balaban J connectivity index is 1.63. The highest BCUT2D eigenvalue weighted by molar-refractivity contribution is 5.81. The van der Waals surface area contributed by atoms with Crippen LogP contribution in [0.25, 0.3) is 11.0 Å². The summed E-state index contributed by atoms with van der Waals surface area (Å²) in [7, 11) is 1.68. The standard InChI is InChI=1S/C24H29N3O2/c1-3-23-25-20-9-6-7-11-22(20)27(23)17-24(28)26-16-8-4-5-10-21(26)18-12-14-19(29-2)15-13-18/h6-7,9,11-15,21H,3-5,8,10,16-17H2,1-2H3/t21-/m1/s1. The van der Waals surface area contributed by atoms with Crippen LogP contribution < -0.4 is 4.74 Å². The number of hydrogen-bond donors (Lipinski definition) is 0. The molecule has 1 aromatic heterocycles. The molecule has 2 heterocycles. The zero-order valence-corrected chi connectivity index (χ0v) is 17.3. The van der Waals surface area contributed by atoms with Crippen molar-refractivity contribution in [2.45, 2.75) is 51.6 Å². The Morgan fingerprint density at radius 2 is 1.90 bits per heavy atom. The average Bonchev–Trinajstić information content (AvgIpc) is 2.94. The van der Waals surface area contributed by atoms with Crippen LogP contribution in [0, 0.1) is 0 Å². The van der Waals surface area contributed by atoms with E-state index in [1.165, 1.54) is 12.0 Å². The minimum absolute atomic E-state index is 0.121. The lowest BCUT2D eigenvalue weighted by molar-refractivity contribution is -0.134. The molecule has 5 nitrogen and oxygen atoms in total. The number of nitrogens with zero attached hydrogens (tertiary/aromatic N) is 3. The fraction of sp³-hybridized carbons (Fsp3) is 0.417. The smallest absolute Gasteiger partial charge is 0.243 e. The topological polar surface area (TPSA) is 47.4 Å². The number of fused-ring (bicyclic) bond motifs is 1. The van der Waals surface area contributed by atoms with Crippen LogP contribution in [0.1, 0.15) is 50.0 Å². The molecule has 0 unspecified atom stereocenters. The number of aryl methyl sites for hydroxylation is 1. The van der Waals surface area contributed by atoms with Gasteiger partial charge in [-0.3, -0.25) is 4.79 Å². The summed E-state index contributed by atoms with van der Waals surface area (Å²) in [5.41, 5.74) is 3.18. The van der Waals surface area contributed by atoms with Crippen LogP contribution >= 0.6 is 0 Å². The van der Waals surface area contributed by atoms with Crippen molar-refractivity contribution in [3.8, 4) is 5.75 Å². The van der Waals surface area contributed by atoms with Crippen molar-refractivity contribution in [3.05, 3.63) is 59.9 Å². The Hall–Kier alpha value is -2.82. The molecule has 0 aliphatic carbocycles. The molecule has 1 fully saturated rings. The van der Waals surface area contributed by atoms with E-state index in [9.17, 15) is 4.79 Å².